The van der Waals surface area contributed by atoms with Crippen molar-refractivity contribution < 1.29 is 14.3 Å². The smallest absolute Gasteiger partial charge is 0.168 e. The molecule has 2 heterocycles. The highest BCUT2D eigenvalue weighted by Crippen LogP contribution is 2.12. The zero-order valence-corrected chi connectivity index (χ0v) is 7.76. The predicted molar refractivity (Wildman–Crippen MR) is 48.3 cm³/mol. The number of carbonyl (C=O) groups excluding carboxylic acids is 1. The summed E-state index contributed by atoms with van der Waals surface area (Å²) in [6.45, 7) is 2.36. The number of ether oxygens (including phenoxy) is 2. The monoisotopic (exact) mass is 196 g/mol. The molecular formula is C9H12N2O3. The first-order valence-corrected chi connectivity index (χ1v) is 4.54. The minimum atomic E-state index is 0.0557. The van der Waals surface area contributed by atoms with E-state index in [-0.39, 0.29) is 6.04 Å². The summed E-state index contributed by atoms with van der Waals surface area (Å²) in [7, 11) is 0. The van der Waals surface area contributed by atoms with Crippen molar-refractivity contribution in [2.75, 3.05) is 26.4 Å². The van der Waals surface area contributed by atoms with Gasteiger partial charge in [-0.1, -0.05) is 0 Å². The van der Waals surface area contributed by atoms with E-state index >= 15 is 0 Å². The summed E-state index contributed by atoms with van der Waals surface area (Å²) < 4.78 is 12.5. The van der Waals surface area contributed by atoms with Crippen LogP contribution < -0.4 is 0 Å². The summed E-state index contributed by atoms with van der Waals surface area (Å²) in [5.41, 5.74) is 0.559. The Bertz CT molecular complexity index is 303. The third-order valence-electron chi connectivity index (χ3n) is 2.20. The zero-order valence-electron chi connectivity index (χ0n) is 7.76. The van der Waals surface area contributed by atoms with Crippen LogP contribution in [0.3, 0.4) is 0 Å². The van der Waals surface area contributed by atoms with Gasteiger partial charge in [-0.15, -0.1) is 0 Å². The van der Waals surface area contributed by atoms with Crippen molar-refractivity contribution in [3.05, 3.63) is 18.2 Å². The quantitative estimate of drug-likeness (QED) is 0.638. The summed E-state index contributed by atoms with van der Waals surface area (Å²) in [4.78, 5) is 14.6. The summed E-state index contributed by atoms with van der Waals surface area (Å²) in [6.07, 6.45) is 3.96. The van der Waals surface area contributed by atoms with Crippen molar-refractivity contribution in [2.45, 2.75) is 6.04 Å². The second-order valence-electron chi connectivity index (χ2n) is 3.15. The number of hydrogen-bond acceptors (Lipinski definition) is 4. The molecule has 0 spiro atoms. The number of carbonyl (C=O) groups is 1. The SMILES string of the molecule is O=Cc1cncn1C1COCCOC1. The number of aromatic nitrogens is 2. The van der Waals surface area contributed by atoms with Crippen molar-refractivity contribution in [1.82, 2.24) is 9.55 Å². The summed E-state index contributed by atoms with van der Waals surface area (Å²) >= 11 is 0. The molecular weight excluding hydrogens is 184 g/mol. The van der Waals surface area contributed by atoms with E-state index in [4.69, 9.17) is 9.47 Å². The standard InChI is InChI=1S/C9H12N2O3/c12-4-8-3-10-7-11(8)9-5-13-1-2-14-6-9/h3-4,7,9H,1-2,5-6H2. The van der Waals surface area contributed by atoms with Crippen molar-refractivity contribution in [3.8, 4) is 0 Å². The topological polar surface area (TPSA) is 53.4 Å². The Kier molecular flexibility index (Phi) is 2.90. The number of aldehydes is 1. The highest BCUT2D eigenvalue weighted by molar-refractivity contribution is 5.71. The van der Waals surface area contributed by atoms with Gasteiger partial charge in [-0.25, -0.2) is 4.98 Å². The van der Waals surface area contributed by atoms with Gasteiger partial charge in [-0.2, -0.15) is 0 Å². The van der Waals surface area contributed by atoms with E-state index in [0.717, 1.165) is 6.29 Å². The third kappa shape index (κ3) is 1.83. The van der Waals surface area contributed by atoms with E-state index in [1.54, 1.807) is 10.9 Å². The molecule has 76 valence electrons. The fraction of sp³-hybridized carbons (Fsp3) is 0.556. The van der Waals surface area contributed by atoms with Crippen LogP contribution in [0.15, 0.2) is 12.5 Å². The van der Waals surface area contributed by atoms with Crippen LogP contribution in [0.5, 0.6) is 0 Å². The lowest BCUT2D eigenvalue weighted by molar-refractivity contribution is 0.103. The molecule has 0 atom stereocenters. The van der Waals surface area contributed by atoms with Gasteiger partial charge < -0.3 is 14.0 Å². The second kappa shape index (κ2) is 4.34. The van der Waals surface area contributed by atoms with Crippen LogP contribution in [-0.2, 0) is 9.47 Å². The molecule has 0 aromatic carbocycles. The lowest BCUT2D eigenvalue weighted by Crippen LogP contribution is -2.19. The maximum atomic E-state index is 10.7. The van der Waals surface area contributed by atoms with E-state index in [9.17, 15) is 4.79 Å². The van der Waals surface area contributed by atoms with Gasteiger partial charge >= 0.3 is 0 Å². The molecule has 1 aliphatic rings. The molecule has 0 saturated carbocycles. The van der Waals surface area contributed by atoms with Crippen molar-refractivity contribution in [3.63, 3.8) is 0 Å². The van der Waals surface area contributed by atoms with Crippen LogP contribution in [0.4, 0.5) is 0 Å². The van der Waals surface area contributed by atoms with E-state index in [2.05, 4.69) is 4.98 Å². The zero-order chi connectivity index (χ0) is 9.80. The van der Waals surface area contributed by atoms with Gasteiger partial charge in [-0.3, -0.25) is 4.79 Å². The maximum absolute atomic E-state index is 10.7. The van der Waals surface area contributed by atoms with Crippen LogP contribution in [0.25, 0.3) is 0 Å². The average molecular weight is 196 g/mol. The Morgan fingerprint density at radius 2 is 2.14 bits per heavy atom. The molecule has 0 unspecified atom stereocenters. The van der Waals surface area contributed by atoms with Gasteiger partial charge in [0, 0.05) is 0 Å². The van der Waals surface area contributed by atoms with Crippen molar-refractivity contribution >= 4 is 6.29 Å². The van der Waals surface area contributed by atoms with Crippen LogP contribution in [0.2, 0.25) is 0 Å². The summed E-state index contributed by atoms with van der Waals surface area (Å²) in [6, 6.07) is 0.0557. The molecule has 0 bridgehead atoms. The minimum Gasteiger partial charge on any atom is -0.377 e. The van der Waals surface area contributed by atoms with E-state index in [0.29, 0.717) is 32.1 Å². The summed E-state index contributed by atoms with van der Waals surface area (Å²) in [5.74, 6) is 0. The fourth-order valence-electron chi connectivity index (χ4n) is 1.48. The number of rotatable bonds is 2. The normalized spacial score (nSPS) is 19.1. The Morgan fingerprint density at radius 3 is 2.79 bits per heavy atom. The lowest BCUT2D eigenvalue weighted by Gasteiger charge is -2.15. The molecule has 1 aromatic heterocycles. The Hall–Kier alpha value is -1.20. The largest absolute Gasteiger partial charge is 0.377 e. The first-order valence-electron chi connectivity index (χ1n) is 4.54. The van der Waals surface area contributed by atoms with Gasteiger partial charge in [0.1, 0.15) is 5.69 Å². The molecule has 0 radical (unpaired) electrons. The molecule has 5 heteroatoms. The van der Waals surface area contributed by atoms with Gasteiger partial charge in [-0.05, 0) is 0 Å². The Morgan fingerprint density at radius 1 is 1.43 bits per heavy atom. The van der Waals surface area contributed by atoms with E-state index in [1.165, 1.54) is 6.20 Å². The fourth-order valence-corrected chi connectivity index (χ4v) is 1.48. The molecule has 0 amide bonds. The van der Waals surface area contributed by atoms with Crippen LogP contribution in [0.1, 0.15) is 16.5 Å². The number of nitrogens with zero attached hydrogens (tertiary/aromatic N) is 2. The van der Waals surface area contributed by atoms with Crippen molar-refractivity contribution in [2.24, 2.45) is 0 Å². The van der Waals surface area contributed by atoms with Crippen LogP contribution >= 0.6 is 0 Å². The average Bonchev–Trinajstić information content (AvgIpc) is 2.52. The van der Waals surface area contributed by atoms with Crippen LogP contribution in [-0.4, -0.2) is 42.3 Å². The van der Waals surface area contributed by atoms with Gasteiger partial charge in [0.2, 0.25) is 0 Å². The molecule has 5 nitrogen and oxygen atoms in total. The lowest BCUT2D eigenvalue weighted by atomic mass is 10.3. The first kappa shape index (κ1) is 9.36. The third-order valence-corrected chi connectivity index (χ3v) is 2.20. The molecule has 14 heavy (non-hydrogen) atoms. The molecule has 1 aliphatic heterocycles. The highest BCUT2D eigenvalue weighted by Gasteiger charge is 2.16. The molecule has 1 aromatic rings. The summed E-state index contributed by atoms with van der Waals surface area (Å²) in [5, 5.41) is 0. The van der Waals surface area contributed by atoms with Crippen LogP contribution in [0, 0.1) is 0 Å². The second-order valence-corrected chi connectivity index (χ2v) is 3.15. The Balaban J connectivity index is 2.15. The highest BCUT2D eigenvalue weighted by atomic mass is 16.5. The molecule has 0 aliphatic carbocycles. The molecule has 2 rings (SSSR count). The van der Waals surface area contributed by atoms with E-state index in [1.807, 2.05) is 0 Å². The van der Waals surface area contributed by atoms with E-state index < -0.39 is 0 Å². The first-order chi connectivity index (χ1) is 6.92. The van der Waals surface area contributed by atoms with Gasteiger partial charge in [0.25, 0.3) is 0 Å². The Labute approximate surface area is 81.6 Å². The van der Waals surface area contributed by atoms with Gasteiger partial charge in [0.05, 0.1) is 45.0 Å². The van der Waals surface area contributed by atoms with Crippen molar-refractivity contribution in [1.29, 1.82) is 0 Å². The molecule has 1 saturated heterocycles. The minimum absolute atomic E-state index is 0.0557. The number of imidazole rings is 1. The molecule has 0 N–H and O–H groups in total. The number of hydrogen-bond donors (Lipinski definition) is 0. The maximum Gasteiger partial charge on any atom is 0.168 e. The van der Waals surface area contributed by atoms with Gasteiger partial charge in [0.15, 0.2) is 6.29 Å². The molecule has 1 fully saturated rings. The predicted octanol–water partition coefficient (Wildman–Crippen LogP) is 0.283.